The molecule has 1 aliphatic rings. The molecule has 2 rings (SSSR count). The van der Waals surface area contributed by atoms with Crippen LogP contribution in [-0.4, -0.2) is 33.7 Å². The van der Waals surface area contributed by atoms with Crippen molar-refractivity contribution in [2.45, 2.75) is 12.8 Å². The van der Waals surface area contributed by atoms with Crippen molar-refractivity contribution < 1.29 is 23.7 Å². The molecule has 0 amide bonds. The molecule has 1 aliphatic heterocycles. The fourth-order valence-electron chi connectivity index (χ4n) is 2.21. The summed E-state index contributed by atoms with van der Waals surface area (Å²) in [4.78, 5) is 12.2. The van der Waals surface area contributed by atoms with E-state index in [9.17, 15) is 4.79 Å². The summed E-state index contributed by atoms with van der Waals surface area (Å²) in [5, 5.41) is 0. The van der Waals surface area contributed by atoms with Crippen molar-refractivity contribution >= 4 is 11.9 Å². The van der Waals surface area contributed by atoms with Crippen molar-refractivity contribution in [3.8, 4) is 17.2 Å². The van der Waals surface area contributed by atoms with Gasteiger partial charge in [-0.3, -0.25) is 4.79 Å². The van der Waals surface area contributed by atoms with Gasteiger partial charge in [0.25, 0.3) is 0 Å². The van der Waals surface area contributed by atoms with Gasteiger partial charge in [-0.1, -0.05) is 0 Å². The predicted octanol–water partition coefficient (Wildman–Crippen LogP) is 2.99. The summed E-state index contributed by atoms with van der Waals surface area (Å²) < 4.78 is 21.1. The van der Waals surface area contributed by atoms with Gasteiger partial charge in [0.15, 0.2) is 5.78 Å². The first-order valence-corrected chi connectivity index (χ1v) is 7.02. The van der Waals surface area contributed by atoms with E-state index in [2.05, 4.69) is 0 Å². The van der Waals surface area contributed by atoms with E-state index in [1.165, 1.54) is 6.08 Å². The molecule has 118 valence electrons. The minimum absolute atomic E-state index is 0.0698. The highest BCUT2D eigenvalue weighted by Crippen LogP contribution is 2.35. The average molecular weight is 304 g/mol. The molecule has 1 aromatic rings. The van der Waals surface area contributed by atoms with Crippen molar-refractivity contribution in [1.82, 2.24) is 0 Å². The zero-order chi connectivity index (χ0) is 15.9. The van der Waals surface area contributed by atoms with Gasteiger partial charge < -0.3 is 18.9 Å². The number of ketones is 1. The molecule has 0 aliphatic carbocycles. The van der Waals surface area contributed by atoms with Crippen LogP contribution in [0, 0.1) is 0 Å². The molecule has 0 fully saturated rings. The Balaban J connectivity index is 2.29. The van der Waals surface area contributed by atoms with E-state index in [-0.39, 0.29) is 5.78 Å². The van der Waals surface area contributed by atoms with E-state index in [4.69, 9.17) is 18.9 Å². The number of allylic oxidation sites excluding steroid dienone is 2. The molecule has 5 nitrogen and oxygen atoms in total. The number of rotatable bonds is 6. The lowest BCUT2D eigenvalue weighted by Gasteiger charge is -2.13. The summed E-state index contributed by atoms with van der Waals surface area (Å²) in [5.41, 5.74) is 1.37. The normalized spacial score (nSPS) is 14.2. The number of hydrogen-bond acceptors (Lipinski definition) is 5. The van der Waals surface area contributed by atoms with E-state index >= 15 is 0 Å². The van der Waals surface area contributed by atoms with Gasteiger partial charge >= 0.3 is 0 Å². The fourth-order valence-corrected chi connectivity index (χ4v) is 2.21. The molecule has 0 radical (unpaired) electrons. The van der Waals surface area contributed by atoms with Gasteiger partial charge in [0.05, 0.1) is 39.8 Å². The topological polar surface area (TPSA) is 54.0 Å². The lowest BCUT2D eigenvalue weighted by molar-refractivity contribution is -0.111. The Morgan fingerprint density at radius 1 is 1.14 bits per heavy atom. The highest BCUT2D eigenvalue weighted by molar-refractivity contribution is 6.06. The SMILES string of the molecule is COc1cc(OC)c(/C=C/C(=O)C2=COCCC2)c(OC)c1. The third kappa shape index (κ3) is 3.61. The van der Waals surface area contributed by atoms with Gasteiger partial charge in [-0.2, -0.15) is 0 Å². The van der Waals surface area contributed by atoms with Crippen LogP contribution in [0.3, 0.4) is 0 Å². The molecule has 0 N–H and O–H groups in total. The molecule has 1 heterocycles. The summed E-state index contributed by atoms with van der Waals surface area (Å²) >= 11 is 0. The summed E-state index contributed by atoms with van der Waals surface area (Å²) in [6, 6.07) is 3.49. The first-order chi connectivity index (χ1) is 10.7. The number of carbonyl (C=O) groups is 1. The van der Waals surface area contributed by atoms with E-state index in [0.29, 0.717) is 35.0 Å². The number of carbonyl (C=O) groups excluding carboxylic acids is 1. The number of benzene rings is 1. The maximum atomic E-state index is 12.2. The maximum absolute atomic E-state index is 12.2. The van der Waals surface area contributed by atoms with Crippen LogP contribution in [-0.2, 0) is 9.53 Å². The largest absolute Gasteiger partial charge is 0.501 e. The molecule has 0 unspecified atom stereocenters. The third-order valence-electron chi connectivity index (χ3n) is 3.40. The quantitative estimate of drug-likeness (QED) is 0.756. The molecule has 22 heavy (non-hydrogen) atoms. The van der Waals surface area contributed by atoms with Crippen molar-refractivity contribution in [3.05, 3.63) is 35.6 Å². The van der Waals surface area contributed by atoms with Crippen molar-refractivity contribution in [1.29, 1.82) is 0 Å². The summed E-state index contributed by atoms with van der Waals surface area (Å²) in [5.74, 6) is 1.71. The molecule has 5 heteroatoms. The highest BCUT2D eigenvalue weighted by atomic mass is 16.5. The molecule has 0 aromatic heterocycles. The van der Waals surface area contributed by atoms with Crippen LogP contribution in [0.25, 0.3) is 6.08 Å². The fraction of sp³-hybridized carbons (Fsp3) is 0.353. The Kier molecular flexibility index (Phi) is 5.47. The van der Waals surface area contributed by atoms with E-state index in [0.717, 1.165) is 12.8 Å². The summed E-state index contributed by atoms with van der Waals surface area (Å²) in [6.45, 7) is 0.667. The minimum Gasteiger partial charge on any atom is -0.501 e. The van der Waals surface area contributed by atoms with Crippen molar-refractivity contribution in [2.24, 2.45) is 0 Å². The van der Waals surface area contributed by atoms with Gasteiger partial charge in [-0.15, -0.1) is 0 Å². The van der Waals surface area contributed by atoms with Crippen LogP contribution < -0.4 is 14.2 Å². The molecule has 0 saturated heterocycles. The highest BCUT2D eigenvalue weighted by Gasteiger charge is 2.13. The molecule has 0 saturated carbocycles. The number of ether oxygens (including phenoxy) is 4. The zero-order valence-electron chi connectivity index (χ0n) is 13.0. The molecular formula is C17H20O5. The lowest BCUT2D eigenvalue weighted by Crippen LogP contribution is -2.06. The maximum Gasteiger partial charge on any atom is 0.184 e. The molecule has 1 aromatic carbocycles. The smallest absolute Gasteiger partial charge is 0.184 e. The van der Waals surface area contributed by atoms with Crippen LogP contribution in [0.4, 0.5) is 0 Å². The van der Waals surface area contributed by atoms with Crippen LogP contribution in [0.15, 0.2) is 30.0 Å². The minimum atomic E-state index is -0.0698. The van der Waals surface area contributed by atoms with Crippen LogP contribution in [0.2, 0.25) is 0 Å². The standard InChI is InChI=1S/C17H20O5/c1-19-13-9-16(20-2)14(17(10-13)21-3)6-7-15(18)12-5-4-8-22-11-12/h6-7,9-11H,4-5,8H2,1-3H3/b7-6+. The van der Waals surface area contributed by atoms with Crippen molar-refractivity contribution in [2.75, 3.05) is 27.9 Å². The summed E-state index contributed by atoms with van der Waals surface area (Å²) in [6.07, 6.45) is 6.33. The molecule has 0 bridgehead atoms. The van der Waals surface area contributed by atoms with Gasteiger partial charge in [-0.25, -0.2) is 0 Å². The van der Waals surface area contributed by atoms with Gasteiger partial charge in [-0.05, 0) is 25.0 Å². The Morgan fingerprint density at radius 2 is 1.82 bits per heavy atom. The van der Waals surface area contributed by atoms with E-state index in [1.54, 1.807) is 45.8 Å². The monoisotopic (exact) mass is 304 g/mol. The summed E-state index contributed by atoms with van der Waals surface area (Å²) in [7, 11) is 4.69. The zero-order valence-corrected chi connectivity index (χ0v) is 13.0. The molecule has 0 spiro atoms. The Morgan fingerprint density at radius 3 is 2.32 bits per heavy atom. The first kappa shape index (κ1) is 15.9. The number of methoxy groups -OCH3 is 3. The lowest BCUT2D eigenvalue weighted by atomic mass is 10.0. The van der Waals surface area contributed by atoms with Crippen LogP contribution >= 0.6 is 0 Å². The first-order valence-electron chi connectivity index (χ1n) is 7.02. The second-order valence-electron chi connectivity index (χ2n) is 4.76. The average Bonchev–Trinajstić information content (AvgIpc) is 2.59. The molecular weight excluding hydrogens is 284 g/mol. The van der Waals surface area contributed by atoms with E-state index in [1.807, 2.05) is 0 Å². The van der Waals surface area contributed by atoms with Crippen LogP contribution in [0.1, 0.15) is 18.4 Å². The van der Waals surface area contributed by atoms with Gasteiger partial charge in [0.1, 0.15) is 17.2 Å². The van der Waals surface area contributed by atoms with E-state index < -0.39 is 0 Å². The van der Waals surface area contributed by atoms with Gasteiger partial charge in [0.2, 0.25) is 0 Å². The third-order valence-corrected chi connectivity index (χ3v) is 3.40. The van der Waals surface area contributed by atoms with Gasteiger partial charge in [0, 0.05) is 17.7 Å². The Hall–Kier alpha value is -2.43. The Labute approximate surface area is 130 Å². The molecule has 0 atom stereocenters. The number of hydrogen-bond donors (Lipinski definition) is 0. The Bertz CT molecular complexity index is 576. The van der Waals surface area contributed by atoms with Crippen LogP contribution in [0.5, 0.6) is 17.2 Å². The predicted molar refractivity (Wildman–Crippen MR) is 83.4 cm³/mol. The second-order valence-corrected chi connectivity index (χ2v) is 4.76. The van der Waals surface area contributed by atoms with Crippen molar-refractivity contribution in [3.63, 3.8) is 0 Å². The second kappa shape index (κ2) is 7.54.